The van der Waals surface area contributed by atoms with E-state index in [-0.39, 0.29) is 5.41 Å². The summed E-state index contributed by atoms with van der Waals surface area (Å²) in [6.07, 6.45) is 5.85. The fraction of sp³-hybridized carbons (Fsp3) is 0.800. The van der Waals surface area contributed by atoms with E-state index >= 15 is 0 Å². The molecule has 0 aliphatic heterocycles. The van der Waals surface area contributed by atoms with Gasteiger partial charge in [-0.05, 0) is 31.7 Å². The van der Waals surface area contributed by atoms with Crippen LogP contribution >= 0.6 is 11.3 Å². The van der Waals surface area contributed by atoms with Crippen molar-refractivity contribution in [1.82, 2.24) is 10.3 Å². The summed E-state index contributed by atoms with van der Waals surface area (Å²) in [5.74, 6) is 0.876. The first-order valence-electron chi connectivity index (χ1n) is 7.29. The lowest BCUT2D eigenvalue weighted by atomic mass is 9.98. The van der Waals surface area contributed by atoms with E-state index in [0.717, 1.165) is 38.6 Å². The molecule has 1 fully saturated rings. The molecule has 1 saturated carbocycles. The molecule has 1 N–H and O–H groups in total. The van der Waals surface area contributed by atoms with E-state index in [1.807, 2.05) is 17.5 Å². The molecule has 0 bridgehead atoms. The number of thiazole rings is 1. The monoisotopic (exact) mass is 282 g/mol. The second-order valence-corrected chi connectivity index (χ2v) is 7.55. The molecular weight excluding hydrogens is 256 g/mol. The van der Waals surface area contributed by atoms with Crippen LogP contribution in [-0.2, 0) is 16.7 Å². The first kappa shape index (κ1) is 14.9. The molecule has 0 spiro atoms. The summed E-state index contributed by atoms with van der Waals surface area (Å²) in [4.78, 5) is 5.82. The van der Waals surface area contributed by atoms with Crippen molar-refractivity contribution in [3.05, 3.63) is 16.1 Å². The molecule has 1 heterocycles. The van der Waals surface area contributed by atoms with Crippen molar-refractivity contribution in [2.75, 3.05) is 19.8 Å². The van der Waals surface area contributed by atoms with Crippen molar-refractivity contribution in [2.45, 2.75) is 52.0 Å². The van der Waals surface area contributed by atoms with Crippen LogP contribution in [-0.4, -0.2) is 24.7 Å². The SMILES string of the molecule is CC(C)(C)c1ncc(CNCCCOCC2CC2)s1. The number of nitrogens with zero attached hydrogens (tertiary/aromatic N) is 1. The second kappa shape index (κ2) is 6.82. The van der Waals surface area contributed by atoms with Crippen LogP contribution in [0.1, 0.15) is 49.9 Å². The molecule has 0 radical (unpaired) electrons. The summed E-state index contributed by atoms with van der Waals surface area (Å²) < 4.78 is 5.61. The Balaban J connectivity index is 1.53. The first-order valence-corrected chi connectivity index (χ1v) is 8.11. The zero-order valence-corrected chi connectivity index (χ0v) is 13.2. The van der Waals surface area contributed by atoms with Crippen LogP contribution in [0.4, 0.5) is 0 Å². The Bertz CT molecular complexity index is 380. The molecule has 0 amide bonds. The number of hydrogen-bond acceptors (Lipinski definition) is 4. The Morgan fingerprint density at radius 3 is 2.84 bits per heavy atom. The van der Waals surface area contributed by atoms with Crippen molar-refractivity contribution in [1.29, 1.82) is 0 Å². The Hall–Kier alpha value is -0.450. The summed E-state index contributed by atoms with van der Waals surface area (Å²) in [7, 11) is 0. The third kappa shape index (κ3) is 5.59. The van der Waals surface area contributed by atoms with Gasteiger partial charge in [0.1, 0.15) is 0 Å². The molecule has 0 aromatic carbocycles. The molecule has 0 unspecified atom stereocenters. The molecule has 1 aromatic rings. The molecule has 4 heteroatoms. The van der Waals surface area contributed by atoms with Crippen molar-refractivity contribution >= 4 is 11.3 Å². The molecule has 3 nitrogen and oxygen atoms in total. The van der Waals surface area contributed by atoms with Gasteiger partial charge in [-0.2, -0.15) is 0 Å². The quantitative estimate of drug-likeness (QED) is 0.743. The van der Waals surface area contributed by atoms with Gasteiger partial charge in [0.25, 0.3) is 0 Å². The molecule has 0 saturated heterocycles. The lowest BCUT2D eigenvalue weighted by Crippen LogP contribution is -2.16. The van der Waals surface area contributed by atoms with Crippen molar-refractivity contribution in [2.24, 2.45) is 5.92 Å². The highest BCUT2D eigenvalue weighted by Crippen LogP contribution is 2.28. The zero-order valence-electron chi connectivity index (χ0n) is 12.4. The zero-order chi connectivity index (χ0) is 13.7. The molecule has 2 rings (SSSR count). The molecular formula is C15H26N2OS. The third-order valence-electron chi connectivity index (χ3n) is 3.19. The summed E-state index contributed by atoms with van der Waals surface area (Å²) in [5.41, 5.74) is 0.166. The maximum absolute atomic E-state index is 5.61. The van der Waals surface area contributed by atoms with Crippen molar-refractivity contribution < 1.29 is 4.74 Å². The minimum atomic E-state index is 0.166. The van der Waals surface area contributed by atoms with E-state index < -0.39 is 0 Å². The number of ether oxygens (including phenoxy) is 1. The van der Waals surface area contributed by atoms with E-state index in [1.54, 1.807) is 0 Å². The van der Waals surface area contributed by atoms with Gasteiger partial charge in [-0.15, -0.1) is 11.3 Å². The average molecular weight is 282 g/mol. The lowest BCUT2D eigenvalue weighted by Gasteiger charge is -2.13. The third-order valence-corrected chi connectivity index (χ3v) is 4.61. The van der Waals surface area contributed by atoms with E-state index in [1.165, 1.54) is 22.7 Å². The number of nitrogens with one attached hydrogen (secondary N) is 1. The van der Waals surface area contributed by atoms with Crippen LogP contribution in [0, 0.1) is 5.92 Å². The number of hydrogen-bond donors (Lipinski definition) is 1. The molecule has 1 aliphatic rings. The summed E-state index contributed by atoms with van der Waals surface area (Å²) in [6.45, 7) is 10.4. The minimum Gasteiger partial charge on any atom is -0.381 e. The van der Waals surface area contributed by atoms with Gasteiger partial charge in [0.05, 0.1) is 5.01 Å². The van der Waals surface area contributed by atoms with E-state index in [2.05, 4.69) is 31.1 Å². The Kier molecular flexibility index (Phi) is 5.37. The maximum Gasteiger partial charge on any atom is 0.0981 e. The van der Waals surface area contributed by atoms with Gasteiger partial charge in [0.15, 0.2) is 0 Å². The number of rotatable bonds is 8. The summed E-state index contributed by atoms with van der Waals surface area (Å²) >= 11 is 1.82. The van der Waals surface area contributed by atoms with Gasteiger partial charge in [0.2, 0.25) is 0 Å². The van der Waals surface area contributed by atoms with E-state index in [4.69, 9.17) is 4.74 Å². The highest BCUT2D eigenvalue weighted by molar-refractivity contribution is 7.11. The van der Waals surface area contributed by atoms with Gasteiger partial charge >= 0.3 is 0 Å². The van der Waals surface area contributed by atoms with E-state index in [0.29, 0.717) is 0 Å². The fourth-order valence-electron chi connectivity index (χ4n) is 1.78. The predicted octanol–water partition coefficient (Wildman–Crippen LogP) is 3.35. The average Bonchev–Trinajstić information content (AvgIpc) is 3.02. The molecule has 0 atom stereocenters. The van der Waals surface area contributed by atoms with Crippen molar-refractivity contribution in [3.63, 3.8) is 0 Å². The van der Waals surface area contributed by atoms with Gasteiger partial charge in [-0.25, -0.2) is 4.98 Å². The van der Waals surface area contributed by atoms with Crippen LogP contribution in [0.3, 0.4) is 0 Å². The van der Waals surface area contributed by atoms with Crippen molar-refractivity contribution in [3.8, 4) is 0 Å². The predicted molar refractivity (Wildman–Crippen MR) is 80.7 cm³/mol. The molecule has 1 aliphatic carbocycles. The Labute approximate surface area is 120 Å². The largest absolute Gasteiger partial charge is 0.381 e. The van der Waals surface area contributed by atoms with Crippen LogP contribution in [0.25, 0.3) is 0 Å². The normalized spacial score (nSPS) is 15.9. The van der Waals surface area contributed by atoms with Crippen LogP contribution in [0.2, 0.25) is 0 Å². The topological polar surface area (TPSA) is 34.2 Å². The van der Waals surface area contributed by atoms with E-state index in [9.17, 15) is 0 Å². The first-order chi connectivity index (χ1) is 9.05. The van der Waals surface area contributed by atoms with Crippen LogP contribution < -0.4 is 5.32 Å². The molecule has 1 aromatic heterocycles. The lowest BCUT2D eigenvalue weighted by molar-refractivity contribution is 0.122. The Morgan fingerprint density at radius 2 is 2.21 bits per heavy atom. The van der Waals surface area contributed by atoms with Gasteiger partial charge in [-0.3, -0.25) is 0 Å². The Morgan fingerprint density at radius 1 is 1.42 bits per heavy atom. The summed E-state index contributed by atoms with van der Waals surface area (Å²) in [5, 5.41) is 4.68. The molecule has 108 valence electrons. The summed E-state index contributed by atoms with van der Waals surface area (Å²) in [6, 6.07) is 0. The highest BCUT2D eigenvalue weighted by Gasteiger charge is 2.20. The van der Waals surface area contributed by atoms with Crippen LogP contribution in [0.15, 0.2) is 6.20 Å². The van der Waals surface area contributed by atoms with Gasteiger partial charge < -0.3 is 10.1 Å². The minimum absolute atomic E-state index is 0.166. The molecule has 19 heavy (non-hydrogen) atoms. The maximum atomic E-state index is 5.61. The highest BCUT2D eigenvalue weighted by atomic mass is 32.1. The van der Waals surface area contributed by atoms with Gasteiger partial charge in [-0.1, -0.05) is 20.8 Å². The van der Waals surface area contributed by atoms with Gasteiger partial charge in [0, 0.05) is 36.2 Å². The second-order valence-electron chi connectivity index (χ2n) is 6.43. The standard InChI is InChI=1S/C15H26N2OS/c1-15(2,3)14-17-10-13(19-14)9-16-7-4-8-18-11-12-5-6-12/h10,12,16H,4-9,11H2,1-3H3. The smallest absolute Gasteiger partial charge is 0.0981 e. The number of aromatic nitrogens is 1. The fourth-order valence-corrected chi connectivity index (χ4v) is 2.72. The van der Waals surface area contributed by atoms with Crippen LogP contribution in [0.5, 0.6) is 0 Å².